The quantitative estimate of drug-likeness (QED) is 0.835. The van der Waals surface area contributed by atoms with Crippen LogP contribution in [0.15, 0.2) is 28.8 Å². The van der Waals surface area contributed by atoms with Crippen molar-refractivity contribution in [2.45, 2.75) is 26.4 Å². The van der Waals surface area contributed by atoms with Crippen LogP contribution in [0.3, 0.4) is 0 Å². The fraction of sp³-hybridized carbons (Fsp3) is 0.385. The predicted molar refractivity (Wildman–Crippen MR) is 65.3 cm³/mol. The van der Waals surface area contributed by atoms with Gasteiger partial charge in [-0.1, -0.05) is 17.3 Å². The topological polar surface area (TPSA) is 42.2 Å². The summed E-state index contributed by atoms with van der Waals surface area (Å²) in [5.74, 6) is 0.998. The van der Waals surface area contributed by atoms with Gasteiger partial charge in [-0.3, -0.25) is 4.90 Å². The summed E-state index contributed by atoms with van der Waals surface area (Å²) in [7, 11) is 1.97. The van der Waals surface area contributed by atoms with Gasteiger partial charge in [0.05, 0.1) is 6.54 Å². The van der Waals surface area contributed by atoms with Crippen molar-refractivity contribution in [3.63, 3.8) is 0 Å². The Bertz CT molecular complexity index is 509. The van der Waals surface area contributed by atoms with E-state index in [2.05, 4.69) is 22.0 Å². The average Bonchev–Trinajstić information content (AvgIpc) is 2.75. The van der Waals surface area contributed by atoms with Gasteiger partial charge in [-0.25, -0.2) is 4.39 Å². The van der Waals surface area contributed by atoms with Crippen LogP contribution in [0.25, 0.3) is 0 Å². The normalized spacial score (nSPS) is 12.9. The van der Waals surface area contributed by atoms with Crippen LogP contribution in [-0.4, -0.2) is 22.1 Å². The molecule has 0 fully saturated rings. The highest BCUT2D eigenvalue weighted by atomic mass is 19.1. The van der Waals surface area contributed by atoms with Crippen molar-refractivity contribution in [3.8, 4) is 0 Å². The molecule has 0 radical (unpaired) electrons. The van der Waals surface area contributed by atoms with Crippen LogP contribution in [0.1, 0.15) is 30.2 Å². The van der Waals surface area contributed by atoms with Gasteiger partial charge in [-0.2, -0.15) is 4.98 Å². The minimum Gasteiger partial charge on any atom is -0.338 e. The number of aromatic nitrogens is 2. The van der Waals surface area contributed by atoms with Crippen molar-refractivity contribution in [1.82, 2.24) is 15.0 Å². The van der Waals surface area contributed by atoms with Crippen LogP contribution < -0.4 is 0 Å². The van der Waals surface area contributed by atoms with Crippen molar-refractivity contribution in [2.24, 2.45) is 0 Å². The Labute approximate surface area is 105 Å². The van der Waals surface area contributed by atoms with Crippen LogP contribution in [0.2, 0.25) is 0 Å². The average molecular weight is 249 g/mol. The van der Waals surface area contributed by atoms with Crippen molar-refractivity contribution in [2.75, 3.05) is 7.05 Å². The molecule has 0 spiro atoms. The maximum atomic E-state index is 12.9. The lowest BCUT2D eigenvalue weighted by atomic mass is 10.1. The largest absolute Gasteiger partial charge is 0.338 e. The number of rotatable bonds is 4. The molecule has 0 bridgehead atoms. The van der Waals surface area contributed by atoms with Crippen molar-refractivity contribution < 1.29 is 8.91 Å². The third-order valence-corrected chi connectivity index (χ3v) is 2.97. The van der Waals surface area contributed by atoms with E-state index in [1.165, 1.54) is 12.1 Å². The first-order chi connectivity index (χ1) is 8.56. The second kappa shape index (κ2) is 5.27. The number of hydrogen-bond donors (Lipinski definition) is 0. The molecule has 5 heteroatoms. The van der Waals surface area contributed by atoms with Gasteiger partial charge in [-0.15, -0.1) is 0 Å². The summed E-state index contributed by atoms with van der Waals surface area (Å²) in [5.41, 5.74) is 1.05. The summed E-state index contributed by atoms with van der Waals surface area (Å²) in [6.45, 7) is 4.41. The molecular weight excluding hydrogens is 233 g/mol. The van der Waals surface area contributed by atoms with Crippen LogP contribution in [0.4, 0.5) is 4.39 Å². The van der Waals surface area contributed by atoms with E-state index in [-0.39, 0.29) is 11.9 Å². The highest BCUT2D eigenvalue weighted by molar-refractivity contribution is 5.19. The predicted octanol–water partition coefficient (Wildman–Crippen LogP) is 2.71. The molecule has 0 amide bonds. The van der Waals surface area contributed by atoms with Crippen molar-refractivity contribution >= 4 is 0 Å². The molecule has 0 aliphatic carbocycles. The Balaban J connectivity index is 2.04. The van der Waals surface area contributed by atoms with E-state index in [9.17, 15) is 4.39 Å². The lowest BCUT2D eigenvalue weighted by Crippen LogP contribution is -2.22. The number of aryl methyl sites for hydroxylation is 1. The smallest absolute Gasteiger partial charge is 0.240 e. The zero-order valence-electron chi connectivity index (χ0n) is 10.7. The first-order valence-electron chi connectivity index (χ1n) is 5.81. The molecular formula is C13H16FN3O. The number of benzene rings is 1. The summed E-state index contributed by atoms with van der Waals surface area (Å²) in [4.78, 5) is 6.23. The molecule has 0 N–H and O–H groups in total. The molecule has 1 heterocycles. The molecule has 0 saturated carbocycles. The molecule has 0 unspecified atom stereocenters. The van der Waals surface area contributed by atoms with E-state index in [4.69, 9.17) is 4.52 Å². The van der Waals surface area contributed by atoms with Gasteiger partial charge in [0.1, 0.15) is 5.82 Å². The van der Waals surface area contributed by atoms with Crippen LogP contribution in [0.5, 0.6) is 0 Å². The lowest BCUT2D eigenvalue weighted by Gasteiger charge is -2.23. The zero-order valence-corrected chi connectivity index (χ0v) is 10.7. The maximum Gasteiger partial charge on any atom is 0.240 e. The lowest BCUT2D eigenvalue weighted by molar-refractivity contribution is 0.216. The van der Waals surface area contributed by atoms with Crippen molar-refractivity contribution in [1.29, 1.82) is 0 Å². The minimum atomic E-state index is -0.221. The maximum absolute atomic E-state index is 12.9. The molecule has 1 aromatic heterocycles. The molecule has 18 heavy (non-hydrogen) atoms. The SMILES string of the molecule is Cc1noc(CN(C)[C@@H](C)c2ccc(F)cc2)n1. The van der Waals surface area contributed by atoms with E-state index in [0.29, 0.717) is 18.3 Å². The Morgan fingerprint density at radius 1 is 1.33 bits per heavy atom. The molecule has 1 aromatic carbocycles. The third-order valence-electron chi connectivity index (χ3n) is 2.97. The molecule has 0 aliphatic rings. The van der Waals surface area contributed by atoms with E-state index < -0.39 is 0 Å². The highest BCUT2D eigenvalue weighted by Crippen LogP contribution is 2.20. The fourth-order valence-corrected chi connectivity index (χ4v) is 1.75. The Morgan fingerprint density at radius 2 is 2.00 bits per heavy atom. The first kappa shape index (κ1) is 12.7. The molecule has 4 nitrogen and oxygen atoms in total. The summed E-state index contributed by atoms with van der Waals surface area (Å²) < 4.78 is 17.9. The summed E-state index contributed by atoms with van der Waals surface area (Å²) in [5, 5.41) is 3.75. The van der Waals surface area contributed by atoms with Gasteiger partial charge in [0, 0.05) is 6.04 Å². The minimum absolute atomic E-state index is 0.151. The third kappa shape index (κ3) is 2.92. The molecule has 2 rings (SSSR count). The second-order valence-corrected chi connectivity index (χ2v) is 4.38. The Kier molecular flexibility index (Phi) is 3.72. The van der Waals surface area contributed by atoms with Crippen LogP contribution in [0, 0.1) is 12.7 Å². The van der Waals surface area contributed by atoms with Gasteiger partial charge >= 0.3 is 0 Å². The molecule has 0 saturated heterocycles. The highest BCUT2D eigenvalue weighted by Gasteiger charge is 2.14. The Hall–Kier alpha value is -1.75. The summed E-state index contributed by atoms with van der Waals surface area (Å²) in [6, 6.07) is 6.66. The number of nitrogens with zero attached hydrogens (tertiary/aromatic N) is 3. The first-order valence-corrected chi connectivity index (χ1v) is 5.81. The Morgan fingerprint density at radius 3 is 2.56 bits per heavy atom. The van der Waals surface area contributed by atoms with Gasteiger partial charge in [0.15, 0.2) is 5.82 Å². The monoisotopic (exact) mass is 249 g/mol. The van der Waals surface area contributed by atoms with E-state index in [1.807, 2.05) is 7.05 Å². The van der Waals surface area contributed by atoms with Gasteiger partial charge in [0.25, 0.3) is 0 Å². The van der Waals surface area contributed by atoms with Crippen LogP contribution in [-0.2, 0) is 6.54 Å². The zero-order chi connectivity index (χ0) is 13.1. The van der Waals surface area contributed by atoms with Gasteiger partial charge < -0.3 is 4.52 Å². The van der Waals surface area contributed by atoms with Gasteiger partial charge in [0.2, 0.25) is 5.89 Å². The fourth-order valence-electron chi connectivity index (χ4n) is 1.75. The molecule has 1 atom stereocenters. The molecule has 96 valence electrons. The second-order valence-electron chi connectivity index (χ2n) is 4.38. The van der Waals surface area contributed by atoms with Crippen LogP contribution >= 0.6 is 0 Å². The molecule has 0 aliphatic heterocycles. The van der Waals surface area contributed by atoms with Gasteiger partial charge in [-0.05, 0) is 38.6 Å². The summed E-state index contributed by atoms with van der Waals surface area (Å²) in [6.07, 6.45) is 0. The van der Waals surface area contributed by atoms with E-state index in [0.717, 1.165) is 5.56 Å². The van der Waals surface area contributed by atoms with E-state index >= 15 is 0 Å². The number of halogens is 1. The summed E-state index contributed by atoms with van der Waals surface area (Å²) >= 11 is 0. The van der Waals surface area contributed by atoms with E-state index in [1.54, 1.807) is 19.1 Å². The van der Waals surface area contributed by atoms with Crippen molar-refractivity contribution in [3.05, 3.63) is 47.4 Å². The number of hydrogen-bond acceptors (Lipinski definition) is 4. The standard InChI is InChI=1S/C13H16FN3O/c1-9(11-4-6-12(14)7-5-11)17(3)8-13-15-10(2)16-18-13/h4-7,9H,8H2,1-3H3/t9-/m0/s1. The molecule has 2 aromatic rings.